The summed E-state index contributed by atoms with van der Waals surface area (Å²) in [6.07, 6.45) is 1.74. The molecule has 0 fully saturated rings. The lowest BCUT2D eigenvalue weighted by atomic mass is 10.1. The van der Waals surface area contributed by atoms with Crippen molar-refractivity contribution < 1.29 is 22.7 Å². The SMILES string of the molecule is CCCCNC(=O)[C@H](C)N(Cc1cccc(OC)c1)C(=O)CN(c1cccc(C)c1C)S(=O)(=O)c1ccc(C)cc1. The zero-order valence-corrected chi connectivity index (χ0v) is 25.6. The first-order chi connectivity index (χ1) is 19.5. The van der Waals surface area contributed by atoms with Crippen molar-refractivity contribution in [2.24, 2.45) is 0 Å². The lowest BCUT2D eigenvalue weighted by Gasteiger charge is -2.32. The minimum atomic E-state index is -4.12. The standard InChI is InChI=1S/C32H41N3O5S/c1-7-8-19-33-32(37)26(5)34(21-27-12-10-13-28(20-27)40-6)31(36)22-35(30-14-9-11-24(3)25(30)4)41(38,39)29-17-15-23(2)16-18-29/h9-18,20,26H,7-8,19,21-22H2,1-6H3,(H,33,37)/t26-/m0/s1. The van der Waals surface area contributed by atoms with E-state index in [1.54, 1.807) is 62.6 Å². The first-order valence-corrected chi connectivity index (χ1v) is 15.3. The summed E-state index contributed by atoms with van der Waals surface area (Å²) in [5, 5.41) is 2.90. The van der Waals surface area contributed by atoms with Crippen LogP contribution in [0.5, 0.6) is 5.75 Å². The second-order valence-electron chi connectivity index (χ2n) is 10.2. The Balaban J connectivity index is 2.05. The number of nitrogens with one attached hydrogen (secondary N) is 1. The molecule has 0 heterocycles. The fourth-order valence-electron chi connectivity index (χ4n) is 4.44. The maximum Gasteiger partial charge on any atom is 0.264 e. The van der Waals surface area contributed by atoms with E-state index >= 15 is 0 Å². The summed E-state index contributed by atoms with van der Waals surface area (Å²) < 4.78 is 34.6. The number of benzene rings is 3. The van der Waals surface area contributed by atoms with Gasteiger partial charge in [-0.1, -0.05) is 55.3 Å². The van der Waals surface area contributed by atoms with Gasteiger partial charge in [0.25, 0.3) is 10.0 Å². The molecule has 0 aromatic heterocycles. The van der Waals surface area contributed by atoms with Gasteiger partial charge in [-0.3, -0.25) is 13.9 Å². The predicted molar refractivity (Wildman–Crippen MR) is 163 cm³/mol. The molecule has 0 aliphatic carbocycles. The highest BCUT2D eigenvalue weighted by molar-refractivity contribution is 7.92. The third-order valence-electron chi connectivity index (χ3n) is 7.22. The van der Waals surface area contributed by atoms with Crippen LogP contribution in [0, 0.1) is 20.8 Å². The van der Waals surface area contributed by atoms with Gasteiger partial charge in [0.15, 0.2) is 0 Å². The molecule has 1 atom stereocenters. The van der Waals surface area contributed by atoms with Crippen LogP contribution in [0.3, 0.4) is 0 Å². The Kier molecular flexibility index (Phi) is 10.9. The van der Waals surface area contributed by atoms with Crippen LogP contribution in [-0.2, 0) is 26.2 Å². The Hall–Kier alpha value is -3.85. The lowest BCUT2D eigenvalue weighted by Crippen LogP contribution is -2.51. The molecule has 1 N–H and O–H groups in total. The zero-order chi connectivity index (χ0) is 30.2. The molecule has 0 aliphatic heterocycles. The van der Waals surface area contributed by atoms with Crippen molar-refractivity contribution in [3.8, 4) is 5.75 Å². The van der Waals surface area contributed by atoms with Crippen LogP contribution >= 0.6 is 0 Å². The summed E-state index contributed by atoms with van der Waals surface area (Å²) in [7, 11) is -2.56. The normalized spacial score (nSPS) is 12.0. The summed E-state index contributed by atoms with van der Waals surface area (Å²) in [6.45, 7) is 9.43. The van der Waals surface area contributed by atoms with E-state index in [1.807, 2.05) is 45.9 Å². The van der Waals surface area contributed by atoms with E-state index in [0.717, 1.165) is 39.4 Å². The van der Waals surface area contributed by atoms with Crippen molar-refractivity contribution in [2.75, 3.05) is 24.5 Å². The number of ether oxygens (including phenoxy) is 1. The molecule has 0 saturated carbocycles. The quantitative estimate of drug-likeness (QED) is 0.283. The second-order valence-corrected chi connectivity index (χ2v) is 12.1. The van der Waals surface area contributed by atoms with Crippen LogP contribution < -0.4 is 14.4 Å². The maximum atomic E-state index is 14.1. The topological polar surface area (TPSA) is 96.0 Å². The third-order valence-corrected chi connectivity index (χ3v) is 8.99. The van der Waals surface area contributed by atoms with E-state index < -0.39 is 28.5 Å². The van der Waals surface area contributed by atoms with Crippen molar-refractivity contribution in [3.05, 3.63) is 89.0 Å². The van der Waals surface area contributed by atoms with Crippen molar-refractivity contribution in [3.63, 3.8) is 0 Å². The lowest BCUT2D eigenvalue weighted by molar-refractivity contribution is -0.139. The molecule has 0 unspecified atom stereocenters. The largest absolute Gasteiger partial charge is 0.497 e. The molecule has 3 aromatic rings. The highest BCUT2D eigenvalue weighted by Gasteiger charge is 2.33. The van der Waals surface area contributed by atoms with Crippen LogP contribution in [0.4, 0.5) is 5.69 Å². The molecule has 0 radical (unpaired) electrons. The van der Waals surface area contributed by atoms with E-state index in [4.69, 9.17) is 4.74 Å². The van der Waals surface area contributed by atoms with Crippen LogP contribution in [0.1, 0.15) is 48.9 Å². The average molecular weight is 580 g/mol. The highest BCUT2D eigenvalue weighted by Crippen LogP contribution is 2.29. The number of carbonyl (C=O) groups is 2. The molecule has 220 valence electrons. The molecule has 3 aromatic carbocycles. The molecule has 0 bridgehead atoms. The Morgan fingerprint density at radius 2 is 1.66 bits per heavy atom. The number of nitrogens with zero attached hydrogens (tertiary/aromatic N) is 2. The summed E-state index contributed by atoms with van der Waals surface area (Å²) >= 11 is 0. The summed E-state index contributed by atoms with van der Waals surface area (Å²) in [5.74, 6) is -0.175. The van der Waals surface area contributed by atoms with Gasteiger partial charge in [-0.2, -0.15) is 0 Å². The van der Waals surface area contributed by atoms with Gasteiger partial charge in [0.05, 0.1) is 17.7 Å². The van der Waals surface area contributed by atoms with Gasteiger partial charge in [-0.15, -0.1) is 0 Å². The number of sulfonamides is 1. The van der Waals surface area contributed by atoms with Crippen molar-refractivity contribution >= 4 is 27.5 Å². The van der Waals surface area contributed by atoms with Crippen LogP contribution in [0.15, 0.2) is 71.6 Å². The van der Waals surface area contributed by atoms with Crippen LogP contribution in [-0.4, -0.2) is 51.4 Å². The summed E-state index contributed by atoms with van der Waals surface area (Å²) in [5.41, 5.74) is 3.74. The molecule has 0 aliphatic rings. The van der Waals surface area contributed by atoms with Gasteiger partial charge in [0.1, 0.15) is 18.3 Å². The monoisotopic (exact) mass is 579 g/mol. The second kappa shape index (κ2) is 14.2. The molecular formula is C32H41N3O5S. The van der Waals surface area contributed by atoms with E-state index in [9.17, 15) is 18.0 Å². The van der Waals surface area contributed by atoms with Crippen molar-refractivity contribution in [1.29, 1.82) is 0 Å². The number of anilines is 1. The molecule has 8 nitrogen and oxygen atoms in total. The third kappa shape index (κ3) is 7.88. The summed E-state index contributed by atoms with van der Waals surface area (Å²) in [4.78, 5) is 28.7. The number of hydrogen-bond acceptors (Lipinski definition) is 5. The minimum absolute atomic E-state index is 0.0847. The average Bonchev–Trinajstić information content (AvgIpc) is 2.96. The number of aryl methyl sites for hydroxylation is 2. The number of hydrogen-bond donors (Lipinski definition) is 1. The number of carbonyl (C=O) groups excluding carboxylic acids is 2. The van der Waals surface area contributed by atoms with Gasteiger partial charge < -0.3 is 15.0 Å². The molecule has 0 spiro atoms. The fourth-order valence-corrected chi connectivity index (χ4v) is 5.91. The van der Waals surface area contributed by atoms with Gasteiger partial charge >= 0.3 is 0 Å². The Morgan fingerprint density at radius 3 is 2.32 bits per heavy atom. The van der Waals surface area contributed by atoms with Crippen molar-refractivity contribution in [1.82, 2.24) is 10.2 Å². The molecule has 2 amide bonds. The first-order valence-electron chi connectivity index (χ1n) is 13.8. The van der Waals surface area contributed by atoms with Gasteiger partial charge in [0.2, 0.25) is 11.8 Å². The molecule has 41 heavy (non-hydrogen) atoms. The number of rotatable bonds is 13. The number of unbranched alkanes of at least 4 members (excludes halogenated alkanes) is 1. The van der Waals surface area contributed by atoms with Crippen molar-refractivity contribution in [2.45, 2.75) is 64.9 Å². The Morgan fingerprint density at radius 1 is 0.976 bits per heavy atom. The van der Waals surface area contributed by atoms with E-state index in [1.165, 1.54) is 4.90 Å². The highest BCUT2D eigenvalue weighted by atomic mass is 32.2. The van der Waals surface area contributed by atoms with Gasteiger partial charge in [-0.05, 0) is 81.1 Å². The van der Waals surface area contributed by atoms with E-state index in [-0.39, 0.29) is 17.3 Å². The molecule has 3 rings (SSSR count). The number of amides is 2. The molecule has 0 saturated heterocycles. The summed E-state index contributed by atoms with van der Waals surface area (Å²) in [6, 6.07) is 18.3. The smallest absolute Gasteiger partial charge is 0.264 e. The fraction of sp³-hybridized carbons (Fsp3) is 0.375. The zero-order valence-electron chi connectivity index (χ0n) is 24.8. The molecular weight excluding hydrogens is 538 g/mol. The Bertz CT molecular complexity index is 1450. The number of methoxy groups -OCH3 is 1. The molecule has 9 heteroatoms. The van der Waals surface area contributed by atoms with E-state index in [0.29, 0.717) is 18.0 Å². The minimum Gasteiger partial charge on any atom is -0.497 e. The predicted octanol–water partition coefficient (Wildman–Crippen LogP) is 5.15. The Labute approximate surface area is 244 Å². The maximum absolute atomic E-state index is 14.1. The van der Waals surface area contributed by atoms with Crippen LogP contribution in [0.2, 0.25) is 0 Å². The van der Waals surface area contributed by atoms with E-state index in [2.05, 4.69) is 5.32 Å². The first kappa shape index (κ1) is 31.7. The van der Waals surface area contributed by atoms with Crippen LogP contribution in [0.25, 0.3) is 0 Å². The van der Waals surface area contributed by atoms with Gasteiger partial charge in [-0.25, -0.2) is 8.42 Å². The van der Waals surface area contributed by atoms with Gasteiger partial charge in [0, 0.05) is 13.1 Å².